The van der Waals surface area contributed by atoms with E-state index in [2.05, 4.69) is 22.4 Å². The topological polar surface area (TPSA) is 134 Å². The first kappa shape index (κ1) is 24.4. The summed E-state index contributed by atoms with van der Waals surface area (Å²) in [6.45, 7) is 1.31. The quantitative estimate of drug-likeness (QED) is 0.398. The van der Waals surface area contributed by atoms with Crippen molar-refractivity contribution in [2.24, 2.45) is 4.99 Å². The SMILES string of the molecule is O=C(O)CN1CCN(C(=O)O)CCN(C(CCc2ccc(N=C=S)cc2)C(=O)O)CC1. The van der Waals surface area contributed by atoms with E-state index >= 15 is 0 Å². The first-order valence-corrected chi connectivity index (χ1v) is 10.3. The van der Waals surface area contributed by atoms with Crippen molar-refractivity contribution in [3.8, 4) is 0 Å². The summed E-state index contributed by atoms with van der Waals surface area (Å²) in [7, 11) is 0. The van der Waals surface area contributed by atoms with Gasteiger partial charge in [0.1, 0.15) is 6.04 Å². The lowest BCUT2D eigenvalue weighted by molar-refractivity contribution is -0.144. The molecule has 1 aliphatic rings. The zero-order valence-electron chi connectivity index (χ0n) is 17.0. The number of rotatable bonds is 8. The number of thiocarbonyl (C=S) groups is 1. The molecule has 10 nitrogen and oxygen atoms in total. The largest absolute Gasteiger partial charge is 0.480 e. The minimum Gasteiger partial charge on any atom is -0.480 e. The Bertz CT molecular complexity index is 827. The maximum absolute atomic E-state index is 12.0. The summed E-state index contributed by atoms with van der Waals surface area (Å²) >= 11 is 4.58. The van der Waals surface area contributed by atoms with Gasteiger partial charge < -0.3 is 20.2 Å². The van der Waals surface area contributed by atoms with E-state index in [1.165, 1.54) is 4.90 Å². The molecule has 0 aromatic heterocycles. The highest BCUT2D eigenvalue weighted by molar-refractivity contribution is 7.78. The van der Waals surface area contributed by atoms with Crippen LogP contribution in [0, 0.1) is 0 Å². The summed E-state index contributed by atoms with van der Waals surface area (Å²) in [6.07, 6.45) is -0.267. The molecular formula is C20H26N4O6S. The van der Waals surface area contributed by atoms with Gasteiger partial charge in [0, 0.05) is 39.3 Å². The average Bonchev–Trinajstić information content (AvgIpc) is 2.80. The van der Waals surface area contributed by atoms with Gasteiger partial charge in [0.25, 0.3) is 0 Å². The summed E-state index contributed by atoms with van der Waals surface area (Å²) in [6, 6.07) is 6.44. The molecule has 1 saturated heterocycles. The third kappa shape index (κ3) is 8.06. The second-order valence-corrected chi connectivity index (χ2v) is 7.42. The van der Waals surface area contributed by atoms with Crippen LogP contribution in [-0.2, 0) is 16.0 Å². The number of hydrogen-bond donors (Lipinski definition) is 3. The lowest BCUT2D eigenvalue weighted by Crippen LogP contribution is -2.47. The highest BCUT2D eigenvalue weighted by Crippen LogP contribution is 2.16. The number of aliphatic carboxylic acids is 2. The van der Waals surface area contributed by atoms with Gasteiger partial charge in [0.15, 0.2) is 0 Å². The molecule has 168 valence electrons. The van der Waals surface area contributed by atoms with Gasteiger partial charge in [-0.3, -0.25) is 19.4 Å². The zero-order chi connectivity index (χ0) is 22.8. The Labute approximate surface area is 185 Å². The number of nitrogens with zero attached hydrogens (tertiary/aromatic N) is 4. The Kier molecular flexibility index (Phi) is 9.54. The van der Waals surface area contributed by atoms with Crippen LogP contribution in [0.5, 0.6) is 0 Å². The molecule has 0 bridgehead atoms. The zero-order valence-corrected chi connectivity index (χ0v) is 17.8. The molecule has 0 aliphatic carbocycles. The molecule has 1 fully saturated rings. The fourth-order valence-electron chi connectivity index (χ4n) is 3.52. The van der Waals surface area contributed by atoms with Crippen molar-refractivity contribution in [2.75, 3.05) is 45.8 Å². The fraction of sp³-hybridized carbons (Fsp3) is 0.500. The van der Waals surface area contributed by atoms with Crippen LogP contribution in [0.1, 0.15) is 12.0 Å². The van der Waals surface area contributed by atoms with Crippen molar-refractivity contribution >= 4 is 41.1 Å². The first-order chi connectivity index (χ1) is 14.8. The number of aryl methyl sites for hydroxylation is 1. The van der Waals surface area contributed by atoms with E-state index in [9.17, 15) is 24.6 Å². The van der Waals surface area contributed by atoms with Gasteiger partial charge in [0.05, 0.1) is 17.4 Å². The van der Waals surface area contributed by atoms with Crippen LogP contribution >= 0.6 is 12.2 Å². The predicted molar refractivity (Wildman–Crippen MR) is 116 cm³/mol. The van der Waals surface area contributed by atoms with Gasteiger partial charge in [-0.1, -0.05) is 12.1 Å². The van der Waals surface area contributed by atoms with Crippen molar-refractivity contribution in [2.45, 2.75) is 18.9 Å². The Hall–Kier alpha value is -2.85. The summed E-state index contributed by atoms with van der Waals surface area (Å²) in [4.78, 5) is 43.1. The Morgan fingerprint density at radius 1 is 1.00 bits per heavy atom. The molecular weight excluding hydrogens is 424 g/mol. The molecule has 1 amide bonds. The smallest absolute Gasteiger partial charge is 0.407 e. The average molecular weight is 451 g/mol. The first-order valence-electron chi connectivity index (χ1n) is 9.86. The lowest BCUT2D eigenvalue weighted by atomic mass is 10.0. The summed E-state index contributed by atoms with van der Waals surface area (Å²) in [5.41, 5.74) is 1.61. The second-order valence-electron chi connectivity index (χ2n) is 7.24. The third-order valence-corrected chi connectivity index (χ3v) is 5.31. The summed E-state index contributed by atoms with van der Waals surface area (Å²) in [5, 5.41) is 30.6. The molecule has 2 rings (SSSR count). The summed E-state index contributed by atoms with van der Waals surface area (Å²) < 4.78 is 0. The molecule has 1 aliphatic heterocycles. The third-order valence-electron chi connectivity index (χ3n) is 5.22. The second kappa shape index (κ2) is 12.1. The van der Waals surface area contributed by atoms with E-state index in [0.717, 1.165) is 5.56 Å². The number of benzene rings is 1. The molecule has 1 aromatic rings. The number of carboxylic acids is 2. The highest BCUT2D eigenvalue weighted by atomic mass is 32.1. The molecule has 1 heterocycles. The standard InChI is InChI=1S/C20H26N4O6S/c25-18(26)13-22-7-9-23(11-12-24(10-8-22)20(29)30)17(19(27)28)6-3-15-1-4-16(5-2-15)21-14-31/h1-2,4-5,17H,3,6-13H2,(H,25,26)(H,27,28)(H,29,30). The molecule has 1 atom stereocenters. The number of aliphatic imine (C=N–C) groups is 1. The number of carbonyl (C=O) groups is 3. The normalized spacial score (nSPS) is 17.0. The summed E-state index contributed by atoms with van der Waals surface area (Å²) in [5.74, 6) is -2.00. The van der Waals surface area contributed by atoms with Crippen LogP contribution in [0.2, 0.25) is 0 Å². The molecule has 11 heteroatoms. The Morgan fingerprint density at radius 3 is 2.19 bits per heavy atom. The number of hydrogen-bond acceptors (Lipinski definition) is 7. The van der Waals surface area contributed by atoms with E-state index in [1.54, 1.807) is 21.9 Å². The number of isothiocyanates is 1. The maximum atomic E-state index is 12.0. The van der Waals surface area contributed by atoms with Gasteiger partial charge in [-0.2, -0.15) is 4.99 Å². The molecule has 1 aromatic carbocycles. The van der Waals surface area contributed by atoms with Gasteiger partial charge in [-0.05, 0) is 42.8 Å². The number of amides is 1. The van der Waals surface area contributed by atoms with E-state index in [0.29, 0.717) is 31.6 Å². The number of carboxylic acid groups (broad SMARTS) is 3. The van der Waals surface area contributed by atoms with Crippen LogP contribution < -0.4 is 0 Å². The monoisotopic (exact) mass is 450 g/mol. The van der Waals surface area contributed by atoms with Crippen LogP contribution in [0.15, 0.2) is 29.3 Å². The minimum atomic E-state index is -1.11. The maximum Gasteiger partial charge on any atom is 0.407 e. The molecule has 31 heavy (non-hydrogen) atoms. The van der Waals surface area contributed by atoms with Gasteiger partial charge in [-0.15, -0.1) is 0 Å². The predicted octanol–water partition coefficient (Wildman–Crippen LogP) is 1.49. The molecule has 1 unspecified atom stereocenters. The van der Waals surface area contributed by atoms with E-state index in [-0.39, 0.29) is 32.7 Å². The van der Waals surface area contributed by atoms with E-state index < -0.39 is 24.1 Å². The van der Waals surface area contributed by atoms with E-state index in [4.69, 9.17) is 5.11 Å². The van der Waals surface area contributed by atoms with Crippen LogP contribution in [0.25, 0.3) is 0 Å². The van der Waals surface area contributed by atoms with Crippen molar-refractivity contribution < 1.29 is 29.7 Å². The van der Waals surface area contributed by atoms with Crippen molar-refractivity contribution in [3.63, 3.8) is 0 Å². The Morgan fingerprint density at radius 2 is 1.61 bits per heavy atom. The van der Waals surface area contributed by atoms with E-state index in [1.807, 2.05) is 12.1 Å². The van der Waals surface area contributed by atoms with Gasteiger partial charge in [0.2, 0.25) is 0 Å². The molecule has 3 N–H and O–H groups in total. The minimum absolute atomic E-state index is 0.157. The highest BCUT2D eigenvalue weighted by Gasteiger charge is 2.28. The molecule has 0 saturated carbocycles. The fourth-order valence-corrected chi connectivity index (χ4v) is 3.63. The Balaban J connectivity index is 2.11. The molecule has 0 radical (unpaired) electrons. The van der Waals surface area contributed by atoms with Gasteiger partial charge >= 0.3 is 18.0 Å². The van der Waals surface area contributed by atoms with Crippen LogP contribution in [-0.4, -0.2) is 105 Å². The molecule has 0 spiro atoms. The van der Waals surface area contributed by atoms with Crippen LogP contribution in [0.4, 0.5) is 10.5 Å². The van der Waals surface area contributed by atoms with Gasteiger partial charge in [-0.25, -0.2) is 4.79 Å². The van der Waals surface area contributed by atoms with Crippen molar-refractivity contribution in [3.05, 3.63) is 29.8 Å². The lowest BCUT2D eigenvalue weighted by Gasteiger charge is -2.30. The van der Waals surface area contributed by atoms with Crippen LogP contribution in [0.3, 0.4) is 0 Å². The van der Waals surface area contributed by atoms with Crippen molar-refractivity contribution in [1.29, 1.82) is 0 Å². The van der Waals surface area contributed by atoms with Crippen molar-refractivity contribution in [1.82, 2.24) is 14.7 Å².